The third-order valence-electron chi connectivity index (χ3n) is 3.83. The number of allylic oxidation sites excluding steroid dienone is 2. The lowest BCUT2D eigenvalue weighted by Gasteiger charge is -2.37. The third-order valence-corrected chi connectivity index (χ3v) is 3.83. The molecule has 0 aromatic heterocycles. The van der Waals surface area contributed by atoms with E-state index in [0.717, 1.165) is 24.6 Å². The van der Waals surface area contributed by atoms with Crippen molar-refractivity contribution < 1.29 is 9.85 Å². The van der Waals surface area contributed by atoms with Crippen LogP contribution in [0.4, 0.5) is 17.1 Å². The van der Waals surface area contributed by atoms with Crippen LogP contribution in [0.1, 0.15) is 12.8 Å². The Balaban J connectivity index is 1.86. The van der Waals surface area contributed by atoms with Crippen molar-refractivity contribution in [1.82, 2.24) is 0 Å². The molecule has 8 nitrogen and oxygen atoms in total. The second-order valence-electron chi connectivity index (χ2n) is 5.15. The van der Waals surface area contributed by atoms with Crippen LogP contribution in [-0.4, -0.2) is 15.6 Å². The summed E-state index contributed by atoms with van der Waals surface area (Å²) in [4.78, 5) is 20.3. The van der Waals surface area contributed by atoms with Crippen molar-refractivity contribution in [3.8, 4) is 0 Å². The first kappa shape index (κ1) is 13.2. The lowest BCUT2D eigenvalue weighted by atomic mass is 9.68. The second-order valence-corrected chi connectivity index (χ2v) is 5.15. The van der Waals surface area contributed by atoms with E-state index < -0.39 is 9.85 Å². The lowest BCUT2D eigenvalue weighted by molar-refractivity contribution is -0.393. The van der Waals surface area contributed by atoms with Crippen molar-refractivity contribution in [2.24, 2.45) is 16.9 Å². The Kier molecular flexibility index (Phi) is 3.13. The molecule has 108 valence electrons. The Morgan fingerprint density at radius 1 is 1.19 bits per heavy atom. The molecule has 1 N–H and O–H groups in total. The molecule has 8 heteroatoms. The van der Waals surface area contributed by atoms with Gasteiger partial charge in [0.25, 0.3) is 5.69 Å². The molecule has 3 aliphatic carbocycles. The maximum Gasteiger partial charge on any atom is 0.301 e. The topological polar surface area (TPSA) is 111 Å². The quantitative estimate of drug-likeness (QED) is 0.676. The van der Waals surface area contributed by atoms with Crippen LogP contribution in [0.3, 0.4) is 0 Å². The first-order valence-corrected chi connectivity index (χ1v) is 6.49. The molecule has 21 heavy (non-hydrogen) atoms. The molecule has 1 aromatic carbocycles. The van der Waals surface area contributed by atoms with Gasteiger partial charge in [-0.1, -0.05) is 6.08 Å². The molecule has 0 unspecified atom stereocenters. The molecule has 0 radical (unpaired) electrons. The highest BCUT2D eigenvalue weighted by molar-refractivity contribution is 5.99. The summed E-state index contributed by atoms with van der Waals surface area (Å²) in [6.07, 6.45) is 6.15. The summed E-state index contributed by atoms with van der Waals surface area (Å²) in [7, 11) is 0. The molecular weight excluding hydrogens is 276 g/mol. The van der Waals surface area contributed by atoms with Crippen molar-refractivity contribution in [2.75, 3.05) is 5.43 Å². The van der Waals surface area contributed by atoms with Gasteiger partial charge in [0.05, 0.1) is 21.6 Å². The highest BCUT2D eigenvalue weighted by Gasteiger charge is 2.34. The molecule has 0 heterocycles. The molecule has 0 saturated heterocycles. The van der Waals surface area contributed by atoms with Gasteiger partial charge in [-0.2, -0.15) is 5.10 Å². The molecule has 1 fully saturated rings. The maximum absolute atomic E-state index is 11.0. The van der Waals surface area contributed by atoms with Crippen molar-refractivity contribution in [1.29, 1.82) is 0 Å². The second kappa shape index (κ2) is 4.97. The number of nitrogens with zero attached hydrogens (tertiary/aromatic N) is 3. The Morgan fingerprint density at radius 2 is 1.95 bits per heavy atom. The summed E-state index contributed by atoms with van der Waals surface area (Å²) in [6.45, 7) is 0. The zero-order valence-electron chi connectivity index (χ0n) is 10.9. The molecule has 4 rings (SSSR count). The number of hydrogen-bond acceptors (Lipinski definition) is 6. The Morgan fingerprint density at radius 3 is 2.52 bits per heavy atom. The van der Waals surface area contributed by atoms with Crippen LogP contribution in [0.2, 0.25) is 0 Å². The fourth-order valence-electron chi connectivity index (χ4n) is 2.56. The number of non-ortho nitro benzene ring substituents is 1. The average molecular weight is 288 g/mol. The number of nitro benzene ring substituents is 2. The first-order valence-electron chi connectivity index (χ1n) is 6.49. The van der Waals surface area contributed by atoms with Crippen molar-refractivity contribution in [3.63, 3.8) is 0 Å². The third kappa shape index (κ3) is 2.47. The summed E-state index contributed by atoms with van der Waals surface area (Å²) in [5, 5.41) is 25.9. The van der Waals surface area contributed by atoms with E-state index in [1.165, 1.54) is 12.1 Å². The monoisotopic (exact) mass is 288 g/mol. The molecule has 2 bridgehead atoms. The van der Waals surface area contributed by atoms with E-state index in [0.29, 0.717) is 11.8 Å². The highest BCUT2D eigenvalue weighted by atomic mass is 16.6. The van der Waals surface area contributed by atoms with E-state index >= 15 is 0 Å². The molecule has 0 amide bonds. The van der Waals surface area contributed by atoms with Crippen molar-refractivity contribution >= 4 is 22.8 Å². The number of rotatable bonds is 4. The summed E-state index contributed by atoms with van der Waals surface area (Å²) in [5.74, 6) is 1.05. The fraction of sp³-hybridized carbons (Fsp3) is 0.308. The standard InChI is InChI=1S/C13H12N4O4/c18-16(19)10-2-4-12(13(7-10)17(20)21)15-14-11-3-1-8-5-9(11)6-8/h1-4,7-9,15H,5-6H2. The van der Waals surface area contributed by atoms with E-state index in [1.807, 2.05) is 6.08 Å². The van der Waals surface area contributed by atoms with Gasteiger partial charge in [0.1, 0.15) is 5.69 Å². The largest absolute Gasteiger partial charge is 0.301 e. The average Bonchev–Trinajstić information content (AvgIpc) is 2.44. The van der Waals surface area contributed by atoms with Gasteiger partial charge in [0, 0.05) is 12.0 Å². The molecule has 1 aromatic rings. The minimum Gasteiger partial charge on any atom is -0.271 e. The number of hydrazone groups is 1. The van der Waals surface area contributed by atoms with Crippen LogP contribution >= 0.6 is 0 Å². The van der Waals surface area contributed by atoms with Gasteiger partial charge in [-0.3, -0.25) is 25.7 Å². The molecule has 0 spiro atoms. The van der Waals surface area contributed by atoms with E-state index in [2.05, 4.69) is 16.6 Å². The van der Waals surface area contributed by atoms with E-state index in [9.17, 15) is 20.2 Å². The zero-order chi connectivity index (χ0) is 15.0. The van der Waals surface area contributed by atoms with Gasteiger partial charge in [0.15, 0.2) is 0 Å². The van der Waals surface area contributed by atoms with Crippen molar-refractivity contribution in [2.45, 2.75) is 12.8 Å². The SMILES string of the molecule is O=[N+]([O-])c1ccc(NN=C2C=CC3CC2C3)c([N+](=O)[O-])c1. The van der Waals surface area contributed by atoms with E-state index in [4.69, 9.17) is 0 Å². The van der Waals surface area contributed by atoms with E-state index in [-0.39, 0.29) is 17.1 Å². The van der Waals surface area contributed by atoms with Crippen LogP contribution in [0, 0.1) is 32.1 Å². The Hall–Kier alpha value is -2.77. The molecular formula is C13H12N4O4. The Labute approximate surface area is 119 Å². The minimum atomic E-state index is -0.666. The predicted octanol–water partition coefficient (Wildman–Crippen LogP) is 2.87. The molecule has 1 saturated carbocycles. The normalized spacial score (nSPS) is 24.5. The zero-order valence-corrected chi connectivity index (χ0v) is 10.9. The number of hydrogen-bond donors (Lipinski definition) is 1. The predicted molar refractivity (Wildman–Crippen MR) is 76.2 cm³/mol. The summed E-state index contributed by atoms with van der Waals surface area (Å²) >= 11 is 0. The van der Waals surface area contributed by atoms with Gasteiger partial charge in [-0.15, -0.1) is 0 Å². The van der Waals surface area contributed by atoms with Gasteiger partial charge in [0.2, 0.25) is 0 Å². The van der Waals surface area contributed by atoms with Gasteiger partial charge < -0.3 is 0 Å². The van der Waals surface area contributed by atoms with Crippen LogP contribution in [0.15, 0.2) is 35.5 Å². The number of nitro groups is 2. The summed E-state index contributed by atoms with van der Waals surface area (Å²) in [6, 6.07) is 3.45. The van der Waals surface area contributed by atoms with Gasteiger partial charge in [-0.05, 0) is 30.9 Å². The summed E-state index contributed by atoms with van der Waals surface area (Å²) in [5.41, 5.74) is 2.99. The fourth-order valence-corrected chi connectivity index (χ4v) is 2.56. The van der Waals surface area contributed by atoms with Crippen LogP contribution in [0.25, 0.3) is 0 Å². The first-order chi connectivity index (χ1) is 10.0. The van der Waals surface area contributed by atoms with Crippen LogP contribution in [-0.2, 0) is 0 Å². The van der Waals surface area contributed by atoms with E-state index in [1.54, 1.807) is 0 Å². The number of nitrogens with one attached hydrogen (secondary N) is 1. The van der Waals surface area contributed by atoms with Crippen LogP contribution < -0.4 is 5.43 Å². The minimum absolute atomic E-state index is 0.146. The Bertz CT molecular complexity index is 677. The summed E-state index contributed by atoms with van der Waals surface area (Å²) < 4.78 is 0. The smallest absolute Gasteiger partial charge is 0.271 e. The molecule has 3 aliphatic rings. The number of anilines is 1. The molecule has 0 atom stereocenters. The number of fused-ring (bicyclic) bond motifs is 1. The highest BCUT2D eigenvalue weighted by Crippen LogP contribution is 2.40. The molecule has 0 aliphatic heterocycles. The number of benzene rings is 1. The maximum atomic E-state index is 11.0. The van der Waals surface area contributed by atoms with Gasteiger partial charge >= 0.3 is 5.69 Å². The van der Waals surface area contributed by atoms with Crippen LogP contribution in [0.5, 0.6) is 0 Å². The lowest BCUT2D eigenvalue weighted by Crippen LogP contribution is -2.33. The van der Waals surface area contributed by atoms with Crippen molar-refractivity contribution in [3.05, 3.63) is 50.6 Å². The van der Waals surface area contributed by atoms with Gasteiger partial charge in [-0.25, -0.2) is 0 Å².